The Morgan fingerprint density at radius 2 is 2.33 bits per heavy atom. The van der Waals surface area contributed by atoms with Crippen molar-refractivity contribution in [3.63, 3.8) is 0 Å². The minimum absolute atomic E-state index is 0.641. The third-order valence-corrected chi connectivity index (χ3v) is 3.30. The molecule has 0 saturated carbocycles. The molecule has 1 N–H and O–H groups in total. The number of nitrogens with one attached hydrogen (secondary N) is 1. The summed E-state index contributed by atoms with van der Waals surface area (Å²) in [6.45, 7) is 5.41. The van der Waals surface area contributed by atoms with Gasteiger partial charge in [-0.2, -0.15) is 0 Å². The fourth-order valence-corrected chi connectivity index (χ4v) is 2.61. The number of hydrogen-bond acceptors (Lipinski definition) is 2. The summed E-state index contributed by atoms with van der Waals surface area (Å²) in [5, 5.41) is 3.21. The van der Waals surface area contributed by atoms with E-state index in [1.165, 1.54) is 36.5 Å². The van der Waals surface area contributed by atoms with E-state index in [-0.39, 0.29) is 0 Å². The van der Waals surface area contributed by atoms with E-state index in [1.54, 1.807) is 0 Å². The molecule has 2 rings (SSSR count). The van der Waals surface area contributed by atoms with Gasteiger partial charge in [0.1, 0.15) is 5.82 Å². The highest BCUT2D eigenvalue weighted by Gasteiger charge is 2.22. The third kappa shape index (κ3) is 1.81. The van der Waals surface area contributed by atoms with Crippen LogP contribution in [0.25, 0.3) is 0 Å². The van der Waals surface area contributed by atoms with Crippen LogP contribution in [0, 0.1) is 0 Å². The molecule has 0 amide bonds. The summed E-state index contributed by atoms with van der Waals surface area (Å²) in [5.74, 6) is 1.27. The van der Waals surface area contributed by atoms with Gasteiger partial charge < -0.3 is 9.88 Å². The maximum absolute atomic E-state index is 4.75. The molecule has 0 spiro atoms. The highest BCUT2D eigenvalue weighted by Crippen LogP contribution is 2.28. The van der Waals surface area contributed by atoms with E-state index in [9.17, 15) is 0 Å². The van der Waals surface area contributed by atoms with E-state index >= 15 is 0 Å². The molecule has 0 radical (unpaired) electrons. The van der Waals surface area contributed by atoms with Crippen LogP contribution in [-0.4, -0.2) is 16.6 Å². The highest BCUT2D eigenvalue weighted by atomic mass is 15.1. The molecular weight excluding hydrogens is 186 g/mol. The first-order valence-electron chi connectivity index (χ1n) is 6.01. The number of aromatic nitrogens is 2. The lowest BCUT2D eigenvalue weighted by Crippen LogP contribution is -2.18. The second kappa shape index (κ2) is 4.35. The van der Waals surface area contributed by atoms with Gasteiger partial charge in [-0.25, -0.2) is 4.98 Å². The van der Waals surface area contributed by atoms with Crippen LogP contribution in [0.3, 0.4) is 0 Å². The molecule has 3 heteroatoms. The molecule has 0 aromatic carbocycles. The van der Waals surface area contributed by atoms with Crippen LogP contribution in [0.15, 0.2) is 0 Å². The van der Waals surface area contributed by atoms with E-state index in [0.717, 1.165) is 13.0 Å². The summed E-state index contributed by atoms with van der Waals surface area (Å²) < 4.78 is 2.47. The molecule has 0 fully saturated rings. The van der Waals surface area contributed by atoms with Crippen molar-refractivity contribution < 1.29 is 0 Å². The molecule has 0 aliphatic carbocycles. The zero-order chi connectivity index (χ0) is 10.8. The molecule has 1 unspecified atom stereocenters. The van der Waals surface area contributed by atoms with Gasteiger partial charge in [-0.05, 0) is 33.2 Å². The summed E-state index contributed by atoms with van der Waals surface area (Å²) in [6.07, 6.45) is 4.86. The molecular formula is C12H21N3. The first-order valence-corrected chi connectivity index (χ1v) is 6.01. The number of hydrogen-bond donors (Lipinski definition) is 1. The molecule has 3 nitrogen and oxygen atoms in total. The number of rotatable bonds is 3. The lowest BCUT2D eigenvalue weighted by atomic mass is 10.0. The maximum Gasteiger partial charge on any atom is 0.109 e. The molecule has 0 saturated heterocycles. The van der Waals surface area contributed by atoms with Crippen LogP contribution in [0.5, 0.6) is 0 Å². The fraction of sp³-hybridized carbons (Fsp3) is 0.750. The van der Waals surface area contributed by atoms with Gasteiger partial charge in [0.2, 0.25) is 0 Å². The van der Waals surface area contributed by atoms with Crippen molar-refractivity contribution in [2.75, 3.05) is 7.05 Å². The largest absolute Gasteiger partial charge is 0.329 e. The predicted molar refractivity (Wildman–Crippen MR) is 62.0 cm³/mol. The lowest BCUT2D eigenvalue weighted by molar-refractivity contribution is 0.418. The Balaban J connectivity index is 2.42. The molecule has 1 aliphatic rings. The smallest absolute Gasteiger partial charge is 0.109 e. The molecule has 1 aromatic rings. The monoisotopic (exact) mass is 207 g/mol. The van der Waals surface area contributed by atoms with Crippen molar-refractivity contribution in [2.45, 2.75) is 52.1 Å². The Labute approximate surface area is 91.9 Å². The first-order chi connectivity index (χ1) is 7.27. The van der Waals surface area contributed by atoms with Gasteiger partial charge in [0, 0.05) is 24.7 Å². The second-order valence-corrected chi connectivity index (χ2v) is 4.42. The molecule has 84 valence electrons. The van der Waals surface area contributed by atoms with Crippen molar-refractivity contribution in [1.29, 1.82) is 0 Å². The van der Waals surface area contributed by atoms with Crippen LogP contribution >= 0.6 is 0 Å². The lowest BCUT2D eigenvalue weighted by Gasteiger charge is -2.24. The van der Waals surface area contributed by atoms with Gasteiger partial charge in [-0.3, -0.25) is 0 Å². The Morgan fingerprint density at radius 1 is 1.53 bits per heavy atom. The molecule has 1 aromatic heterocycles. The number of aryl methyl sites for hydroxylation is 1. The normalized spacial score (nSPS) is 20.3. The summed E-state index contributed by atoms with van der Waals surface area (Å²) in [7, 11) is 1.99. The van der Waals surface area contributed by atoms with E-state index in [2.05, 4.69) is 23.7 Å². The van der Waals surface area contributed by atoms with Gasteiger partial charge in [0.15, 0.2) is 0 Å². The zero-order valence-corrected chi connectivity index (χ0v) is 10.0. The Morgan fingerprint density at radius 3 is 3.00 bits per heavy atom. The Hall–Kier alpha value is -0.830. The first kappa shape index (κ1) is 10.7. The number of nitrogens with zero attached hydrogens (tertiary/aromatic N) is 2. The van der Waals surface area contributed by atoms with Gasteiger partial charge in [-0.1, -0.05) is 6.92 Å². The average molecular weight is 207 g/mol. The fourth-order valence-electron chi connectivity index (χ4n) is 2.61. The number of fused-ring (bicyclic) bond motifs is 1. The Bertz CT molecular complexity index is 341. The van der Waals surface area contributed by atoms with Crippen LogP contribution in [0.4, 0.5) is 0 Å². The van der Waals surface area contributed by atoms with Gasteiger partial charge in [0.05, 0.1) is 5.69 Å². The second-order valence-electron chi connectivity index (χ2n) is 4.42. The van der Waals surface area contributed by atoms with Crippen molar-refractivity contribution in [1.82, 2.24) is 14.9 Å². The third-order valence-electron chi connectivity index (χ3n) is 3.30. The van der Waals surface area contributed by atoms with Gasteiger partial charge in [0.25, 0.3) is 0 Å². The molecule has 1 aliphatic heterocycles. The standard InChI is InChI=1S/C12H21N3/c1-4-12-14-10(8-13-3)11-7-5-6-9(2)15(11)12/h9,13H,4-8H2,1-3H3. The van der Waals surface area contributed by atoms with E-state index in [4.69, 9.17) is 4.98 Å². The Kier molecular flexibility index (Phi) is 3.10. The molecule has 15 heavy (non-hydrogen) atoms. The van der Waals surface area contributed by atoms with Crippen LogP contribution < -0.4 is 5.32 Å². The minimum Gasteiger partial charge on any atom is -0.329 e. The molecule has 2 heterocycles. The summed E-state index contributed by atoms with van der Waals surface area (Å²) >= 11 is 0. The van der Waals surface area contributed by atoms with Gasteiger partial charge >= 0.3 is 0 Å². The van der Waals surface area contributed by atoms with Crippen molar-refractivity contribution in [3.8, 4) is 0 Å². The summed E-state index contributed by atoms with van der Waals surface area (Å²) in [5.41, 5.74) is 2.74. The maximum atomic E-state index is 4.75. The molecule has 0 bridgehead atoms. The van der Waals surface area contributed by atoms with Crippen molar-refractivity contribution in [2.24, 2.45) is 0 Å². The van der Waals surface area contributed by atoms with Crippen LogP contribution in [0.2, 0.25) is 0 Å². The van der Waals surface area contributed by atoms with Crippen molar-refractivity contribution in [3.05, 3.63) is 17.2 Å². The van der Waals surface area contributed by atoms with E-state index in [0.29, 0.717) is 6.04 Å². The quantitative estimate of drug-likeness (QED) is 0.822. The summed E-state index contributed by atoms with van der Waals surface area (Å²) in [6, 6.07) is 0.641. The predicted octanol–water partition coefficient (Wildman–Crippen LogP) is 2.06. The van der Waals surface area contributed by atoms with Crippen LogP contribution in [-0.2, 0) is 19.4 Å². The summed E-state index contributed by atoms with van der Waals surface area (Å²) in [4.78, 5) is 4.75. The van der Waals surface area contributed by atoms with Crippen LogP contribution in [0.1, 0.15) is 49.9 Å². The highest BCUT2D eigenvalue weighted by molar-refractivity contribution is 5.20. The van der Waals surface area contributed by atoms with E-state index in [1.807, 2.05) is 7.05 Å². The molecule has 1 atom stereocenters. The minimum atomic E-state index is 0.641. The van der Waals surface area contributed by atoms with Crippen molar-refractivity contribution >= 4 is 0 Å². The number of imidazole rings is 1. The van der Waals surface area contributed by atoms with Gasteiger partial charge in [-0.15, -0.1) is 0 Å². The van der Waals surface area contributed by atoms with E-state index < -0.39 is 0 Å². The SMILES string of the molecule is CCc1nc(CNC)c2n1C(C)CCC2. The average Bonchev–Trinajstić information content (AvgIpc) is 2.59. The zero-order valence-electron chi connectivity index (χ0n) is 10.0. The topological polar surface area (TPSA) is 29.9 Å².